The molecule has 1 saturated heterocycles. The summed E-state index contributed by atoms with van der Waals surface area (Å²) in [5, 5.41) is 13.2. The first kappa shape index (κ1) is 21.4. The number of nitrogens with zero attached hydrogens (tertiary/aromatic N) is 2. The predicted molar refractivity (Wildman–Crippen MR) is 129 cm³/mol. The fourth-order valence-corrected chi connectivity index (χ4v) is 4.47. The number of carbonyl (C=O) groups is 2. The molecule has 1 aromatic heterocycles. The van der Waals surface area contributed by atoms with Gasteiger partial charge in [0.2, 0.25) is 0 Å². The normalized spacial score (nSPS) is 17.3. The lowest BCUT2D eigenvalue weighted by molar-refractivity contribution is -0.140. The molecular formula is C28H22N2O4. The molecule has 1 atom stereocenters. The van der Waals surface area contributed by atoms with E-state index in [9.17, 15) is 14.7 Å². The second-order valence-corrected chi connectivity index (χ2v) is 8.09. The van der Waals surface area contributed by atoms with Gasteiger partial charge in [0.05, 0.1) is 18.7 Å². The summed E-state index contributed by atoms with van der Waals surface area (Å²) in [4.78, 5) is 32.2. The zero-order chi connectivity index (χ0) is 23.7. The Hall–Kier alpha value is -4.45. The smallest absolute Gasteiger partial charge is 0.295 e. The molecule has 34 heavy (non-hydrogen) atoms. The van der Waals surface area contributed by atoms with E-state index in [0.717, 1.165) is 16.3 Å². The molecule has 3 aromatic carbocycles. The fourth-order valence-electron chi connectivity index (χ4n) is 4.47. The van der Waals surface area contributed by atoms with Crippen LogP contribution in [0.4, 0.5) is 0 Å². The molecular weight excluding hydrogens is 428 g/mol. The quantitative estimate of drug-likeness (QED) is 0.267. The van der Waals surface area contributed by atoms with Gasteiger partial charge in [-0.1, -0.05) is 60.7 Å². The maximum absolute atomic E-state index is 13.3. The van der Waals surface area contributed by atoms with Crippen LogP contribution in [0.1, 0.15) is 22.7 Å². The first-order valence-corrected chi connectivity index (χ1v) is 10.9. The Kier molecular flexibility index (Phi) is 5.55. The highest BCUT2D eigenvalue weighted by Gasteiger charge is 2.46. The highest BCUT2D eigenvalue weighted by atomic mass is 16.5. The number of benzene rings is 3. The first-order chi connectivity index (χ1) is 16.6. The second-order valence-electron chi connectivity index (χ2n) is 8.09. The van der Waals surface area contributed by atoms with Crippen LogP contribution in [0.2, 0.25) is 0 Å². The Morgan fingerprint density at radius 2 is 1.79 bits per heavy atom. The lowest BCUT2D eigenvalue weighted by Gasteiger charge is -2.25. The van der Waals surface area contributed by atoms with Crippen LogP contribution in [0.3, 0.4) is 0 Å². The van der Waals surface area contributed by atoms with Gasteiger partial charge in [-0.3, -0.25) is 14.6 Å². The van der Waals surface area contributed by atoms with Crippen molar-refractivity contribution < 1.29 is 19.4 Å². The minimum absolute atomic E-state index is 0.0530. The summed E-state index contributed by atoms with van der Waals surface area (Å²) in [6.45, 7) is 0.174. The first-order valence-electron chi connectivity index (χ1n) is 10.9. The van der Waals surface area contributed by atoms with Crippen molar-refractivity contribution in [1.29, 1.82) is 0 Å². The standard InChI is InChI=1S/C28H22N2O4/c1-34-21-11-4-7-18(15-21)17-30-25(20-10-6-14-29-16-20)24(27(32)28(30)33)26(31)23-13-5-9-19-8-2-3-12-22(19)23/h2-16,25,31H,17H2,1H3/b26-24-. The molecule has 0 radical (unpaired) electrons. The van der Waals surface area contributed by atoms with E-state index < -0.39 is 17.7 Å². The third-order valence-corrected chi connectivity index (χ3v) is 6.07. The van der Waals surface area contributed by atoms with Crippen molar-refractivity contribution in [2.45, 2.75) is 12.6 Å². The monoisotopic (exact) mass is 450 g/mol. The van der Waals surface area contributed by atoms with Crippen molar-refractivity contribution in [2.24, 2.45) is 0 Å². The number of fused-ring (bicyclic) bond motifs is 1. The number of pyridine rings is 1. The third kappa shape index (κ3) is 3.69. The van der Waals surface area contributed by atoms with Gasteiger partial charge in [-0.05, 0) is 40.1 Å². The predicted octanol–water partition coefficient (Wildman–Crippen LogP) is 4.87. The topological polar surface area (TPSA) is 79.7 Å². The number of aliphatic hydroxyl groups is 1. The summed E-state index contributed by atoms with van der Waals surface area (Å²) in [6.07, 6.45) is 3.24. The molecule has 5 rings (SSSR count). The lowest BCUT2D eigenvalue weighted by atomic mass is 9.94. The van der Waals surface area contributed by atoms with Crippen molar-refractivity contribution in [1.82, 2.24) is 9.88 Å². The zero-order valence-electron chi connectivity index (χ0n) is 18.5. The van der Waals surface area contributed by atoms with Crippen molar-refractivity contribution in [3.63, 3.8) is 0 Å². The van der Waals surface area contributed by atoms with Crippen LogP contribution in [0.15, 0.2) is 96.8 Å². The third-order valence-electron chi connectivity index (χ3n) is 6.07. The van der Waals surface area contributed by atoms with E-state index >= 15 is 0 Å². The van der Waals surface area contributed by atoms with E-state index in [2.05, 4.69) is 4.98 Å². The fraction of sp³-hybridized carbons (Fsp3) is 0.107. The molecule has 1 aliphatic heterocycles. The van der Waals surface area contributed by atoms with Crippen LogP contribution in [0.5, 0.6) is 5.75 Å². The number of aromatic nitrogens is 1. The minimum atomic E-state index is -0.779. The molecule has 1 aliphatic rings. The maximum Gasteiger partial charge on any atom is 0.295 e. The molecule has 2 heterocycles. The SMILES string of the molecule is COc1cccc(CN2C(=O)C(=O)/C(=C(\O)c3cccc4ccccc34)C2c2cccnc2)c1. The van der Waals surface area contributed by atoms with Gasteiger partial charge in [-0.25, -0.2) is 0 Å². The van der Waals surface area contributed by atoms with E-state index in [1.54, 1.807) is 37.7 Å². The van der Waals surface area contributed by atoms with Crippen molar-refractivity contribution >= 4 is 28.2 Å². The Balaban J connectivity index is 1.68. The molecule has 168 valence electrons. The van der Waals surface area contributed by atoms with E-state index in [4.69, 9.17) is 4.74 Å². The molecule has 0 spiro atoms. The molecule has 1 unspecified atom stereocenters. The van der Waals surface area contributed by atoms with Gasteiger partial charge >= 0.3 is 0 Å². The molecule has 1 N–H and O–H groups in total. The number of carbonyl (C=O) groups excluding carboxylic acids is 2. The van der Waals surface area contributed by atoms with E-state index in [0.29, 0.717) is 16.9 Å². The highest BCUT2D eigenvalue weighted by Crippen LogP contribution is 2.41. The largest absolute Gasteiger partial charge is 0.507 e. The zero-order valence-corrected chi connectivity index (χ0v) is 18.5. The average molecular weight is 450 g/mol. The number of methoxy groups -OCH3 is 1. The molecule has 4 aromatic rings. The molecule has 6 heteroatoms. The summed E-state index contributed by atoms with van der Waals surface area (Å²) in [5.74, 6) is -0.930. The Labute approximate surface area is 196 Å². The highest BCUT2D eigenvalue weighted by molar-refractivity contribution is 6.46. The lowest BCUT2D eigenvalue weighted by Crippen LogP contribution is -2.29. The molecule has 0 saturated carbocycles. The maximum atomic E-state index is 13.3. The number of Topliss-reactive ketones (excluding diaryl/α,β-unsaturated/α-hetero) is 1. The summed E-state index contributed by atoms with van der Waals surface area (Å²) in [5.41, 5.74) is 2.01. The Morgan fingerprint density at radius 3 is 2.59 bits per heavy atom. The van der Waals surface area contributed by atoms with Crippen molar-refractivity contribution in [2.75, 3.05) is 7.11 Å². The number of likely N-dealkylation sites (tertiary alicyclic amines) is 1. The summed E-state index contributed by atoms with van der Waals surface area (Å²) >= 11 is 0. The number of rotatable bonds is 5. The van der Waals surface area contributed by atoms with E-state index in [1.807, 2.05) is 60.7 Å². The van der Waals surface area contributed by atoms with Gasteiger partial charge in [-0.2, -0.15) is 0 Å². The minimum Gasteiger partial charge on any atom is -0.507 e. The van der Waals surface area contributed by atoms with Gasteiger partial charge in [0.15, 0.2) is 0 Å². The van der Waals surface area contributed by atoms with Crippen LogP contribution in [-0.4, -0.2) is 33.8 Å². The number of ketones is 1. The number of hydrogen-bond donors (Lipinski definition) is 1. The molecule has 1 fully saturated rings. The van der Waals surface area contributed by atoms with Gasteiger partial charge in [0.1, 0.15) is 11.5 Å². The number of amides is 1. The van der Waals surface area contributed by atoms with Crippen molar-refractivity contribution in [3.05, 3.63) is 114 Å². The Morgan fingerprint density at radius 1 is 1.00 bits per heavy atom. The summed E-state index contributed by atoms with van der Waals surface area (Å²) in [6, 6.07) is 23.2. The molecule has 0 bridgehead atoms. The van der Waals surface area contributed by atoms with Gasteiger partial charge in [-0.15, -0.1) is 0 Å². The van der Waals surface area contributed by atoms with Gasteiger partial charge in [0.25, 0.3) is 11.7 Å². The van der Waals surface area contributed by atoms with Gasteiger partial charge < -0.3 is 14.7 Å². The van der Waals surface area contributed by atoms with Crippen LogP contribution in [0.25, 0.3) is 16.5 Å². The summed E-state index contributed by atoms with van der Waals surface area (Å²) < 4.78 is 5.31. The Bertz CT molecular complexity index is 1420. The number of aliphatic hydroxyl groups excluding tert-OH is 1. The van der Waals surface area contributed by atoms with E-state index in [1.165, 1.54) is 4.90 Å². The number of hydrogen-bond acceptors (Lipinski definition) is 5. The number of ether oxygens (including phenoxy) is 1. The van der Waals surface area contributed by atoms with Gasteiger partial charge in [0, 0.05) is 24.5 Å². The van der Waals surface area contributed by atoms with Crippen LogP contribution in [-0.2, 0) is 16.1 Å². The second kappa shape index (κ2) is 8.83. The van der Waals surface area contributed by atoms with Crippen molar-refractivity contribution in [3.8, 4) is 5.75 Å². The van der Waals surface area contributed by atoms with Crippen LogP contribution >= 0.6 is 0 Å². The van der Waals surface area contributed by atoms with E-state index in [-0.39, 0.29) is 17.9 Å². The van der Waals surface area contributed by atoms with Crippen LogP contribution < -0.4 is 4.74 Å². The summed E-state index contributed by atoms with van der Waals surface area (Å²) in [7, 11) is 1.57. The molecule has 6 nitrogen and oxygen atoms in total. The van der Waals surface area contributed by atoms with Crippen LogP contribution in [0, 0.1) is 0 Å². The average Bonchev–Trinajstić information content (AvgIpc) is 3.13. The molecule has 0 aliphatic carbocycles. The molecule has 1 amide bonds.